The first-order valence-electron chi connectivity index (χ1n) is 5.34. The zero-order valence-corrected chi connectivity index (χ0v) is 10.2. The number of aromatic amines is 1. The molecule has 0 saturated carbocycles. The van der Waals surface area contributed by atoms with Crippen molar-refractivity contribution in [1.82, 2.24) is 10.2 Å². The smallest absolute Gasteiger partial charge is 0.335 e. The molecule has 20 heavy (non-hydrogen) atoms. The van der Waals surface area contributed by atoms with Gasteiger partial charge in [-0.25, -0.2) is 4.79 Å². The van der Waals surface area contributed by atoms with Gasteiger partial charge >= 0.3 is 5.97 Å². The number of aromatic nitrogens is 2. The molecule has 0 bridgehead atoms. The Labute approximate surface area is 113 Å². The summed E-state index contributed by atoms with van der Waals surface area (Å²) in [5, 5.41) is 14.9. The van der Waals surface area contributed by atoms with Crippen LogP contribution in [0.5, 0.6) is 0 Å². The van der Waals surface area contributed by atoms with Gasteiger partial charge in [-0.15, -0.1) is 0 Å². The molecule has 6 N–H and O–H groups in total. The number of H-pyrrole nitrogens is 1. The Hall–Kier alpha value is -3.16. The van der Waals surface area contributed by atoms with Crippen LogP contribution in [0.4, 0.5) is 0 Å². The van der Waals surface area contributed by atoms with Gasteiger partial charge in [-0.1, -0.05) is 0 Å². The summed E-state index contributed by atoms with van der Waals surface area (Å²) in [6, 6.07) is 5.19. The third kappa shape index (κ3) is 3.95. The summed E-state index contributed by atoms with van der Waals surface area (Å²) < 4.78 is 0. The molecule has 0 aliphatic rings. The van der Waals surface area contributed by atoms with Gasteiger partial charge < -0.3 is 16.6 Å². The molecule has 8 heteroatoms. The second-order valence-corrected chi connectivity index (χ2v) is 3.56. The molecule has 104 valence electrons. The minimum absolute atomic E-state index is 0.0903. The van der Waals surface area contributed by atoms with Crippen molar-refractivity contribution in [2.45, 2.75) is 0 Å². The lowest BCUT2D eigenvalue weighted by Crippen LogP contribution is -2.21. The van der Waals surface area contributed by atoms with E-state index in [1.807, 2.05) is 6.07 Å². The van der Waals surface area contributed by atoms with Crippen molar-refractivity contribution in [3.8, 4) is 0 Å². The lowest BCUT2D eigenvalue weighted by Gasteiger charge is -2.03. The fraction of sp³-hybridized carbons (Fsp3) is 0. The van der Waals surface area contributed by atoms with Crippen molar-refractivity contribution in [1.29, 1.82) is 0 Å². The second kappa shape index (κ2) is 6.69. The molecule has 2 aromatic rings. The minimum Gasteiger partial charge on any atom is -0.478 e. The number of carboxylic acids is 1. The molecule has 0 aliphatic heterocycles. The van der Waals surface area contributed by atoms with Crippen LogP contribution < -0.4 is 11.5 Å². The number of amides is 2. The van der Waals surface area contributed by atoms with Gasteiger partial charge in [0.25, 0.3) is 0 Å². The fourth-order valence-corrected chi connectivity index (χ4v) is 1.31. The van der Waals surface area contributed by atoms with E-state index in [1.165, 1.54) is 6.07 Å². The molecule has 0 saturated heterocycles. The molecule has 1 aromatic carbocycles. The quantitative estimate of drug-likeness (QED) is 0.621. The van der Waals surface area contributed by atoms with Crippen LogP contribution in [-0.2, 0) is 0 Å². The number of carbonyl (C=O) groups excluding carboxylic acids is 2. The Morgan fingerprint density at radius 2 is 1.75 bits per heavy atom. The molecule has 0 radical (unpaired) electrons. The predicted octanol–water partition coefficient (Wildman–Crippen LogP) is -0.00770. The summed E-state index contributed by atoms with van der Waals surface area (Å²) in [4.78, 5) is 32.4. The minimum atomic E-state index is -1.21. The van der Waals surface area contributed by atoms with Gasteiger partial charge in [0.2, 0.25) is 11.8 Å². The maximum absolute atomic E-state index is 10.9. The van der Waals surface area contributed by atoms with Crippen LogP contribution >= 0.6 is 0 Å². The Morgan fingerprint density at radius 1 is 1.10 bits per heavy atom. The largest absolute Gasteiger partial charge is 0.478 e. The molecule has 1 aromatic heterocycles. The fourth-order valence-electron chi connectivity index (χ4n) is 1.31. The van der Waals surface area contributed by atoms with E-state index in [2.05, 4.69) is 10.2 Å². The number of nitrogens with one attached hydrogen (secondary N) is 1. The molecule has 1 heterocycles. The highest BCUT2D eigenvalue weighted by Gasteiger charge is 2.15. The van der Waals surface area contributed by atoms with E-state index in [1.54, 1.807) is 12.4 Å². The average Bonchev–Trinajstić information content (AvgIpc) is 2.96. The number of nitrogens with two attached hydrogens (primary N) is 2. The number of carbonyl (C=O) groups is 3. The molecular formula is C12H12N4O4. The summed E-state index contributed by atoms with van der Waals surface area (Å²) in [7, 11) is 0. The first-order valence-corrected chi connectivity index (χ1v) is 5.34. The van der Waals surface area contributed by atoms with Crippen LogP contribution in [0, 0.1) is 0 Å². The highest BCUT2D eigenvalue weighted by Crippen LogP contribution is 2.11. The van der Waals surface area contributed by atoms with Crippen LogP contribution in [0.25, 0.3) is 0 Å². The zero-order valence-electron chi connectivity index (χ0n) is 10.2. The topological polar surface area (TPSA) is 152 Å². The van der Waals surface area contributed by atoms with Crippen molar-refractivity contribution >= 4 is 17.8 Å². The second-order valence-electron chi connectivity index (χ2n) is 3.56. The molecule has 0 atom stereocenters. The van der Waals surface area contributed by atoms with E-state index in [0.29, 0.717) is 0 Å². The van der Waals surface area contributed by atoms with Gasteiger partial charge in [0, 0.05) is 12.4 Å². The van der Waals surface area contributed by atoms with E-state index >= 15 is 0 Å². The number of carboxylic acid groups (broad SMARTS) is 1. The van der Waals surface area contributed by atoms with E-state index in [0.717, 1.165) is 12.1 Å². The van der Waals surface area contributed by atoms with Crippen LogP contribution in [0.2, 0.25) is 0 Å². The SMILES string of the molecule is NC(=O)c1ccc(C(=O)O)cc1C(N)=O.c1cn[nH]c1. The van der Waals surface area contributed by atoms with E-state index < -0.39 is 17.8 Å². The van der Waals surface area contributed by atoms with Crippen molar-refractivity contribution in [2.75, 3.05) is 0 Å². The summed E-state index contributed by atoms with van der Waals surface area (Å²) in [6.45, 7) is 0. The lowest BCUT2D eigenvalue weighted by atomic mass is 10.0. The summed E-state index contributed by atoms with van der Waals surface area (Å²) in [5.41, 5.74) is 9.55. The van der Waals surface area contributed by atoms with E-state index in [4.69, 9.17) is 16.6 Å². The summed E-state index contributed by atoms with van der Waals surface area (Å²) in [5.74, 6) is -2.94. The van der Waals surface area contributed by atoms with Crippen molar-refractivity contribution in [2.24, 2.45) is 11.5 Å². The van der Waals surface area contributed by atoms with Gasteiger partial charge in [0.1, 0.15) is 0 Å². The van der Waals surface area contributed by atoms with E-state index in [9.17, 15) is 14.4 Å². The Morgan fingerprint density at radius 3 is 2.10 bits per heavy atom. The average molecular weight is 276 g/mol. The number of primary amides is 2. The molecule has 0 fully saturated rings. The number of benzene rings is 1. The Balaban J connectivity index is 0.000000333. The van der Waals surface area contributed by atoms with Crippen LogP contribution in [0.3, 0.4) is 0 Å². The van der Waals surface area contributed by atoms with Crippen molar-refractivity contribution in [3.63, 3.8) is 0 Å². The normalized spacial score (nSPS) is 9.20. The van der Waals surface area contributed by atoms with Crippen molar-refractivity contribution in [3.05, 3.63) is 53.3 Å². The summed E-state index contributed by atoms with van der Waals surface area (Å²) >= 11 is 0. The molecular weight excluding hydrogens is 264 g/mol. The van der Waals surface area contributed by atoms with Crippen LogP contribution in [0.15, 0.2) is 36.7 Å². The first kappa shape index (κ1) is 14.9. The molecule has 8 nitrogen and oxygen atoms in total. The number of rotatable bonds is 3. The number of hydrogen-bond acceptors (Lipinski definition) is 4. The predicted molar refractivity (Wildman–Crippen MR) is 69.0 cm³/mol. The molecule has 0 unspecified atom stereocenters. The zero-order chi connectivity index (χ0) is 15.1. The van der Waals surface area contributed by atoms with E-state index in [-0.39, 0.29) is 16.7 Å². The van der Waals surface area contributed by atoms with Gasteiger partial charge in [-0.3, -0.25) is 14.7 Å². The number of aromatic carboxylic acids is 1. The van der Waals surface area contributed by atoms with Gasteiger partial charge in [0.05, 0.1) is 16.7 Å². The third-order valence-electron chi connectivity index (χ3n) is 2.20. The van der Waals surface area contributed by atoms with Crippen molar-refractivity contribution < 1.29 is 19.5 Å². The van der Waals surface area contributed by atoms with Gasteiger partial charge in [-0.05, 0) is 24.3 Å². The molecule has 2 rings (SSSR count). The molecule has 2 amide bonds. The highest BCUT2D eigenvalue weighted by molar-refractivity contribution is 6.07. The monoisotopic (exact) mass is 276 g/mol. The molecule has 0 spiro atoms. The Kier molecular flexibility index (Phi) is 4.98. The van der Waals surface area contributed by atoms with Gasteiger partial charge in [0.15, 0.2) is 0 Å². The maximum atomic E-state index is 10.9. The van der Waals surface area contributed by atoms with Crippen LogP contribution in [0.1, 0.15) is 31.1 Å². The lowest BCUT2D eigenvalue weighted by molar-refractivity contribution is 0.0696. The number of hydrogen-bond donors (Lipinski definition) is 4. The van der Waals surface area contributed by atoms with Crippen LogP contribution in [-0.4, -0.2) is 33.1 Å². The number of nitrogens with zero attached hydrogens (tertiary/aromatic N) is 1. The molecule has 0 aliphatic carbocycles. The maximum Gasteiger partial charge on any atom is 0.335 e. The summed E-state index contributed by atoms with van der Waals surface area (Å²) in [6.07, 6.45) is 3.46. The van der Waals surface area contributed by atoms with Gasteiger partial charge in [-0.2, -0.15) is 5.10 Å². The Bertz CT molecular complexity index is 605. The standard InChI is InChI=1S/C9H8N2O4.C3H4N2/c10-7(12)5-2-1-4(9(14)15)3-6(5)8(11)13;1-2-4-5-3-1/h1-3H,(H2,10,12)(H2,11,13)(H,14,15);1-3H,(H,4,5). The highest BCUT2D eigenvalue weighted by atomic mass is 16.4. The third-order valence-corrected chi connectivity index (χ3v) is 2.20. The first-order chi connectivity index (χ1) is 9.43.